The molecule has 0 aliphatic heterocycles. The predicted molar refractivity (Wildman–Crippen MR) is 71.5 cm³/mol. The summed E-state index contributed by atoms with van der Waals surface area (Å²) in [6.07, 6.45) is 2.68. The molecule has 2 aromatic carbocycles. The van der Waals surface area contributed by atoms with Gasteiger partial charge in [0.25, 0.3) is 0 Å². The molecular formula is C16H16O2. The first-order chi connectivity index (χ1) is 8.79. The van der Waals surface area contributed by atoms with Gasteiger partial charge in [0.15, 0.2) is 0 Å². The number of aryl methyl sites for hydroxylation is 1. The summed E-state index contributed by atoms with van der Waals surface area (Å²) in [5, 5.41) is 2.62. The fourth-order valence-corrected chi connectivity index (χ4v) is 2.92. The largest absolute Gasteiger partial charge is 0.469 e. The monoisotopic (exact) mass is 240 g/mol. The number of ether oxygens (including phenoxy) is 1. The van der Waals surface area contributed by atoms with Crippen molar-refractivity contribution in [1.29, 1.82) is 0 Å². The van der Waals surface area contributed by atoms with E-state index in [0.29, 0.717) is 0 Å². The Balaban J connectivity index is 2.03. The molecular weight excluding hydrogens is 224 g/mol. The van der Waals surface area contributed by atoms with Gasteiger partial charge in [0, 0.05) is 0 Å². The Morgan fingerprint density at radius 2 is 2.06 bits per heavy atom. The van der Waals surface area contributed by atoms with Gasteiger partial charge in [-0.3, -0.25) is 4.79 Å². The molecule has 92 valence electrons. The second kappa shape index (κ2) is 4.45. The molecule has 3 rings (SSSR count). The van der Waals surface area contributed by atoms with Crippen molar-refractivity contribution in [2.45, 2.75) is 19.3 Å². The van der Waals surface area contributed by atoms with Crippen LogP contribution in [0, 0.1) is 5.92 Å². The van der Waals surface area contributed by atoms with Gasteiger partial charge in [-0.15, -0.1) is 0 Å². The SMILES string of the molecule is COC(=O)C1CCc2c(ccc3ccccc23)C1. The van der Waals surface area contributed by atoms with Crippen molar-refractivity contribution >= 4 is 16.7 Å². The lowest BCUT2D eigenvalue weighted by molar-refractivity contribution is -0.145. The van der Waals surface area contributed by atoms with Crippen molar-refractivity contribution in [3.8, 4) is 0 Å². The summed E-state index contributed by atoms with van der Waals surface area (Å²) < 4.78 is 4.85. The number of methoxy groups -OCH3 is 1. The van der Waals surface area contributed by atoms with Crippen molar-refractivity contribution in [2.24, 2.45) is 5.92 Å². The van der Waals surface area contributed by atoms with E-state index >= 15 is 0 Å². The third-order valence-electron chi connectivity index (χ3n) is 3.88. The summed E-state index contributed by atoms with van der Waals surface area (Å²) in [6, 6.07) is 12.8. The number of fused-ring (bicyclic) bond motifs is 3. The molecule has 0 heterocycles. The second-order valence-electron chi connectivity index (χ2n) is 4.89. The fourth-order valence-electron chi connectivity index (χ4n) is 2.92. The zero-order valence-corrected chi connectivity index (χ0v) is 10.5. The number of hydrogen-bond acceptors (Lipinski definition) is 2. The molecule has 0 fully saturated rings. The Morgan fingerprint density at radius 1 is 1.22 bits per heavy atom. The smallest absolute Gasteiger partial charge is 0.309 e. The maximum absolute atomic E-state index is 11.6. The van der Waals surface area contributed by atoms with Gasteiger partial charge in [0.1, 0.15) is 0 Å². The van der Waals surface area contributed by atoms with Crippen molar-refractivity contribution in [1.82, 2.24) is 0 Å². The lowest BCUT2D eigenvalue weighted by Crippen LogP contribution is -2.23. The molecule has 0 radical (unpaired) electrons. The minimum Gasteiger partial charge on any atom is -0.469 e. The van der Waals surface area contributed by atoms with E-state index in [0.717, 1.165) is 19.3 Å². The molecule has 0 saturated heterocycles. The first kappa shape index (κ1) is 11.3. The first-order valence-electron chi connectivity index (χ1n) is 6.37. The van der Waals surface area contributed by atoms with Gasteiger partial charge in [0.2, 0.25) is 0 Å². The number of esters is 1. The topological polar surface area (TPSA) is 26.3 Å². The number of carbonyl (C=O) groups is 1. The number of carbonyl (C=O) groups excluding carboxylic acids is 1. The summed E-state index contributed by atoms with van der Waals surface area (Å²) >= 11 is 0. The molecule has 1 aliphatic carbocycles. The highest BCUT2D eigenvalue weighted by molar-refractivity contribution is 5.87. The molecule has 0 saturated carbocycles. The average molecular weight is 240 g/mol. The Hall–Kier alpha value is -1.83. The minimum atomic E-state index is -0.0752. The molecule has 1 atom stereocenters. The summed E-state index contributed by atoms with van der Waals surface area (Å²) in [7, 11) is 1.47. The van der Waals surface area contributed by atoms with Crippen LogP contribution in [0.5, 0.6) is 0 Å². The van der Waals surface area contributed by atoms with Crippen LogP contribution in [0.15, 0.2) is 36.4 Å². The van der Waals surface area contributed by atoms with Gasteiger partial charge in [-0.1, -0.05) is 36.4 Å². The van der Waals surface area contributed by atoms with E-state index in [2.05, 4.69) is 36.4 Å². The van der Waals surface area contributed by atoms with Gasteiger partial charge >= 0.3 is 5.97 Å². The zero-order valence-electron chi connectivity index (χ0n) is 10.5. The Labute approximate surface area is 107 Å². The van der Waals surface area contributed by atoms with E-state index in [1.807, 2.05) is 0 Å². The number of hydrogen-bond donors (Lipinski definition) is 0. The minimum absolute atomic E-state index is 0.0312. The maximum Gasteiger partial charge on any atom is 0.309 e. The number of benzene rings is 2. The Kier molecular flexibility index (Phi) is 2.78. The van der Waals surface area contributed by atoms with Crippen molar-refractivity contribution in [2.75, 3.05) is 7.11 Å². The lowest BCUT2D eigenvalue weighted by Gasteiger charge is -2.24. The molecule has 1 unspecified atom stereocenters. The van der Waals surface area contributed by atoms with Crippen LogP contribution in [-0.4, -0.2) is 13.1 Å². The first-order valence-corrected chi connectivity index (χ1v) is 6.37. The van der Waals surface area contributed by atoms with E-state index in [1.165, 1.54) is 29.0 Å². The maximum atomic E-state index is 11.6. The van der Waals surface area contributed by atoms with Gasteiger partial charge in [0.05, 0.1) is 13.0 Å². The molecule has 1 aliphatic rings. The summed E-state index contributed by atoms with van der Waals surface area (Å²) in [5.41, 5.74) is 2.71. The molecule has 0 N–H and O–H groups in total. The molecule has 0 amide bonds. The Bertz CT molecular complexity index is 601. The van der Waals surface area contributed by atoms with Crippen LogP contribution in [0.4, 0.5) is 0 Å². The summed E-state index contributed by atoms with van der Waals surface area (Å²) in [5.74, 6) is -0.0440. The summed E-state index contributed by atoms with van der Waals surface area (Å²) in [4.78, 5) is 11.6. The van der Waals surface area contributed by atoms with Gasteiger partial charge in [-0.25, -0.2) is 0 Å². The lowest BCUT2D eigenvalue weighted by atomic mass is 9.81. The van der Waals surface area contributed by atoms with Crippen molar-refractivity contribution in [3.63, 3.8) is 0 Å². The zero-order chi connectivity index (χ0) is 12.5. The van der Waals surface area contributed by atoms with E-state index in [9.17, 15) is 4.79 Å². The Morgan fingerprint density at radius 3 is 2.89 bits per heavy atom. The van der Waals surface area contributed by atoms with Crippen LogP contribution in [0.1, 0.15) is 17.5 Å². The molecule has 0 spiro atoms. The highest BCUT2D eigenvalue weighted by Gasteiger charge is 2.26. The van der Waals surface area contributed by atoms with Crippen molar-refractivity contribution < 1.29 is 9.53 Å². The third-order valence-corrected chi connectivity index (χ3v) is 3.88. The van der Waals surface area contributed by atoms with Gasteiger partial charge in [-0.2, -0.15) is 0 Å². The third kappa shape index (κ3) is 1.78. The van der Waals surface area contributed by atoms with E-state index in [4.69, 9.17) is 4.74 Å². The van der Waals surface area contributed by atoms with Gasteiger partial charge in [-0.05, 0) is 41.2 Å². The van der Waals surface area contributed by atoms with Gasteiger partial charge < -0.3 is 4.74 Å². The molecule has 0 aromatic heterocycles. The normalized spacial score (nSPS) is 18.4. The fraction of sp³-hybridized carbons (Fsp3) is 0.312. The standard InChI is InChI=1S/C16H16O2/c1-18-16(17)13-8-9-15-12(10-13)7-6-11-4-2-3-5-14(11)15/h2-7,13H,8-10H2,1H3. The highest BCUT2D eigenvalue weighted by Crippen LogP contribution is 2.31. The van der Waals surface area contributed by atoms with Crippen LogP contribution in [0.3, 0.4) is 0 Å². The molecule has 2 nitrogen and oxygen atoms in total. The predicted octanol–water partition coefficient (Wildman–Crippen LogP) is 3.12. The highest BCUT2D eigenvalue weighted by atomic mass is 16.5. The molecule has 18 heavy (non-hydrogen) atoms. The average Bonchev–Trinajstić information content (AvgIpc) is 2.45. The van der Waals surface area contributed by atoms with Crippen LogP contribution >= 0.6 is 0 Å². The number of rotatable bonds is 1. The van der Waals surface area contributed by atoms with E-state index in [1.54, 1.807) is 0 Å². The van der Waals surface area contributed by atoms with E-state index in [-0.39, 0.29) is 11.9 Å². The van der Waals surface area contributed by atoms with Crippen LogP contribution in [-0.2, 0) is 22.4 Å². The summed E-state index contributed by atoms with van der Waals surface area (Å²) in [6.45, 7) is 0. The molecule has 2 heteroatoms. The van der Waals surface area contributed by atoms with Crippen molar-refractivity contribution in [3.05, 3.63) is 47.5 Å². The molecule has 2 aromatic rings. The molecule has 0 bridgehead atoms. The second-order valence-corrected chi connectivity index (χ2v) is 4.89. The van der Waals surface area contributed by atoms with Crippen LogP contribution in [0.25, 0.3) is 10.8 Å². The van der Waals surface area contributed by atoms with Crippen LogP contribution < -0.4 is 0 Å². The van der Waals surface area contributed by atoms with E-state index < -0.39 is 0 Å². The quantitative estimate of drug-likeness (QED) is 0.716. The van der Waals surface area contributed by atoms with Crippen LogP contribution in [0.2, 0.25) is 0 Å².